The van der Waals surface area contributed by atoms with Gasteiger partial charge in [0, 0.05) is 6.54 Å². The highest BCUT2D eigenvalue weighted by Gasteiger charge is 2.03. The Hall–Kier alpha value is -1.25. The van der Waals surface area contributed by atoms with Crippen LogP contribution in [0.1, 0.15) is 38.2 Å². The Morgan fingerprint density at radius 2 is 2.00 bits per heavy atom. The summed E-state index contributed by atoms with van der Waals surface area (Å²) in [5, 5.41) is 3.25. The normalized spacial score (nSPS) is 10.4. The third kappa shape index (κ3) is 3.72. The highest BCUT2D eigenvalue weighted by Crippen LogP contribution is 2.22. The zero-order valence-electron chi connectivity index (χ0n) is 10.1. The second-order valence-electron chi connectivity index (χ2n) is 4.18. The molecule has 2 nitrogen and oxygen atoms in total. The van der Waals surface area contributed by atoms with E-state index in [1.165, 1.54) is 25.3 Å². The lowest BCUT2D eigenvalue weighted by Gasteiger charge is -2.10. The minimum Gasteiger partial charge on any atom is -0.397 e. The number of unbranched alkanes of at least 4 members (excludes halogenated alkanes) is 3. The first kappa shape index (κ1) is 12.8. The van der Waals surface area contributed by atoms with Crippen molar-refractivity contribution in [1.82, 2.24) is 0 Å². The van der Waals surface area contributed by atoms with E-state index in [1.807, 2.05) is 0 Å². The molecule has 0 fully saturated rings. The van der Waals surface area contributed by atoms with Crippen LogP contribution in [0, 0.1) is 12.7 Å². The fourth-order valence-corrected chi connectivity index (χ4v) is 1.62. The molecule has 0 aliphatic rings. The third-order valence-corrected chi connectivity index (χ3v) is 2.68. The van der Waals surface area contributed by atoms with Crippen LogP contribution in [0.5, 0.6) is 0 Å². The van der Waals surface area contributed by atoms with Gasteiger partial charge in [0.25, 0.3) is 0 Å². The maximum atomic E-state index is 13.1. The number of halogens is 1. The first-order valence-electron chi connectivity index (χ1n) is 5.94. The number of benzene rings is 1. The lowest BCUT2D eigenvalue weighted by atomic mass is 10.1. The highest BCUT2D eigenvalue weighted by atomic mass is 19.1. The fourth-order valence-electron chi connectivity index (χ4n) is 1.62. The zero-order chi connectivity index (χ0) is 12.0. The lowest BCUT2D eigenvalue weighted by molar-refractivity contribution is 0.619. The van der Waals surface area contributed by atoms with Gasteiger partial charge in [0.05, 0.1) is 11.4 Å². The number of hydrogen-bond donors (Lipinski definition) is 2. The predicted molar refractivity (Wildman–Crippen MR) is 68.2 cm³/mol. The molecule has 0 amide bonds. The Morgan fingerprint density at radius 1 is 1.25 bits per heavy atom. The Bertz CT molecular complexity index is 337. The number of rotatable bonds is 6. The smallest absolute Gasteiger partial charge is 0.128 e. The average Bonchev–Trinajstić information content (AvgIpc) is 2.25. The minimum atomic E-state index is -0.242. The summed E-state index contributed by atoms with van der Waals surface area (Å²) in [4.78, 5) is 0. The van der Waals surface area contributed by atoms with Gasteiger partial charge >= 0.3 is 0 Å². The molecule has 3 heteroatoms. The molecule has 0 aliphatic heterocycles. The molecule has 0 aliphatic carbocycles. The molecule has 1 aromatic rings. The SMILES string of the molecule is CCCCCCNc1cc(C)c(F)cc1N. The van der Waals surface area contributed by atoms with Gasteiger partial charge in [-0.3, -0.25) is 0 Å². The zero-order valence-corrected chi connectivity index (χ0v) is 10.1. The maximum absolute atomic E-state index is 13.1. The Morgan fingerprint density at radius 3 is 2.69 bits per heavy atom. The second kappa shape index (κ2) is 6.36. The van der Waals surface area contributed by atoms with Crippen molar-refractivity contribution in [3.8, 4) is 0 Å². The number of nitrogens with two attached hydrogens (primary N) is 1. The molecule has 0 unspecified atom stereocenters. The molecule has 0 saturated heterocycles. The van der Waals surface area contributed by atoms with E-state index < -0.39 is 0 Å². The van der Waals surface area contributed by atoms with E-state index in [9.17, 15) is 4.39 Å². The van der Waals surface area contributed by atoms with E-state index in [-0.39, 0.29) is 5.82 Å². The molecule has 0 bridgehead atoms. The van der Waals surface area contributed by atoms with Crippen molar-refractivity contribution in [2.24, 2.45) is 0 Å². The first-order valence-corrected chi connectivity index (χ1v) is 5.94. The fraction of sp³-hybridized carbons (Fsp3) is 0.538. The van der Waals surface area contributed by atoms with Gasteiger partial charge in [-0.05, 0) is 31.0 Å². The topological polar surface area (TPSA) is 38.0 Å². The van der Waals surface area contributed by atoms with E-state index in [1.54, 1.807) is 13.0 Å². The number of aryl methyl sites for hydroxylation is 1. The molecule has 0 atom stereocenters. The van der Waals surface area contributed by atoms with Gasteiger partial charge in [0.1, 0.15) is 5.82 Å². The van der Waals surface area contributed by atoms with Crippen LogP contribution in [-0.2, 0) is 0 Å². The molecule has 0 spiro atoms. The summed E-state index contributed by atoms with van der Waals surface area (Å²) in [7, 11) is 0. The summed E-state index contributed by atoms with van der Waals surface area (Å²) >= 11 is 0. The number of nitrogens with one attached hydrogen (secondary N) is 1. The summed E-state index contributed by atoms with van der Waals surface area (Å²) < 4.78 is 13.1. The molecule has 0 saturated carbocycles. The molecular formula is C13H21FN2. The van der Waals surface area contributed by atoms with Crippen molar-refractivity contribution in [3.05, 3.63) is 23.5 Å². The predicted octanol–water partition coefficient (Wildman–Crippen LogP) is 3.71. The van der Waals surface area contributed by atoms with Crippen molar-refractivity contribution in [2.75, 3.05) is 17.6 Å². The third-order valence-electron chi connectivity index (χ3n) is 2.68. The van der Waals surface area contributed by atoms with Crippen LogP contribution in [-0.4, -0.2) is 6.54 Å². The number of anilines is 2. The lowest BCUT2D eigenvalue weighted by Crippen LogP contribution is -2.05. The molecule has 3 N–H and O–H groups in total. The summed E-state index contributed by atoms with van der Waals surface area (Å²) in [6.07, 6.45) is 4.85. The minimum absolute atomic E-state index is 0.242. The van der Waals surface area contributed by atoms with Crippen LogP contribution < -0.4 is 11.1 Å². The second-order valence-corrected chi connectivity index (χ2v) is 4.18. The van der Waals surface area contributed by atoms with Crippen molar-refractivity contribution in [3.63, 3.8) is 0 Å². The summed E-state index contributed by atoms with van der Waals surface area (Å²) in [6.45, 7) is 4.83. The van der Waals surface area contributed by atoms with Crippen LogP contribution in [0.2, 0.25) is 0 Å². The Balaban J connectivity index is 2.45. The highest BCUT2D eigenvalue weighted by molar-refractivity contribution is 5.67. The van der Waals surface area contributed by atoms with E-state index in [4.69, 9.17) is 5.73 Å². The van der Waals surface area contributed by atoms with Gasteiger partial charge in [-0.2, -0.15) is 0 Å². The van der Waals surface area contributed by atoms with Crippen molar-refractivity contribution in [2.45, 2.75) is 39.5 Å². The van der Waals surface area contributed by atoms with Gasteiger partial charge in [-0.1, -0.05) is 26.2 Å². The monoisotopic (exact) mass is 224 g/mol. The number of hydrogen-bond acceptors (Lipinski definition) is 2. The quantitative estimate of drug-likeness (QED) is 0.571. The van der Waals surface area contributed by atoms with Gasteiger partial charge in [0.15, 0.2) is 0 Å². The van der Waals surface area contributed by atoms with Crippen LogP contribution in [0.25, 0.3) is 0 Å². The molecule has 1 rings (SSSR count). The van der Waals surface area contributed by atoms with Gasteiger partial charge < -0.3 is 11.1 Å². The Labute approximate surface area is 97.0 Å². The number of nitrogen functional groups attached to an aromatic ring is 1. The van der Waals surface area contributed by atoms with E-state index in [0.29, 0.717) is 11.3 Å². The van der Waals surface area contributed by atoms with Crippen LogP contribution in [0.15, 0.2) is 12.1 Å². The van der Waals surface area contributed by atoms with Crippen LogP contribution in [0.4, 0.5) is 15.8 Å². The van der Waals surface area contributed by atoms with Crippen LogP contribution >= 0.6 is 0 Å². The maximum Gasteiger partial charge on any atom is 0.128 e. The van der Waals surface area contributed by atoms with E-state index >= 15 is 0 Å². The molecule has 16 heavy (non-hydrogen) atoms. The largest absolute Gasteiger partial charge is 0.397 e. The Kier molecular flexibility index (Phi) is 5.09. The summed E-state index contributed by atoms with van der Waals surface area (Å²) in [5.74, 6) is -0.242. The molecule has 90 valence electrons. The molecule has 0 radical (unpaired) electrons. The molecule has 1 aromatic carbocycles. The first-order chi connectivity index (χ1) is 7.65. The van der Waals surface area contributed by atoms with Gasteiger partial charge in [-0.25, -0.2) is 4.39 Å². The van der Waals surface area contributed by atoms with E-state index in [0.717, 1.165) is 18.7 Å². The van der Waals surface area contributed by atoms with Crippen molar-refractivity contribution >= 4 is 11.4 Å². The van der Waals surface area contributed by atoms with Gasteiger partial charge in [-0.15, -0.1) is 0 Å². The van der Waals surface area contributed by atoms with E-state index in [2.05, 4.69) is 12.2 Å². The molecule has 0 aromatic heterocycles. The summed E-state index contributed by atoms with van der Waals surface area (Å²) in [6, 6.07) is 3.15. The molecular weight excluding hydrogens is 203 g/mol. The molecule has 0 heterocycles. The van der Waals surface area contributed by atoms with Crippen LogP contribution in [0.3, 0.4) is 0 Å². The average molecular weight is 224 g/mol. The van der Waals surface area contributed by atoms with Crippen molar-refractivity contribution in [1.29, 1.82) is 0 Å². The van der Waals surface area contributed by atoms with Crippen molar-refractivity contribution < 1.29 is 4.39 Å². The van der Waals surface area contributed by atoms with Gasteiger partial charge in [0.2, 0.25) is 0 Å². The summed E-state index contributed by atoms with van der Waals surface area (Å²) in [5.41, 5.74) is 7.69. The standard InChI is InChI=1S/C13H21FN2/c1-3-4-5-6-7-16-13-8-10(2)11(14)9-12(13)15/h8-9,16H,3-7,15H2,1-2H3.